The van der Waals surface area contributed by atoms with E-state index < -0.39 is 0 Å². The van der Waals surface area contributed by atoms with Gasteiger partial charge in [0.15, 0.2) is 0 Å². The molecule has 0 radical (unpaired) electrons. The maximum Gasteiger partial charge on any atom is 0.0474 e. The number of nitrogens with one attached hydrogen (secondary N) is 1. The molecule has 0 heterocycles. The second-order valence-corrected chi connectivity index (χ2v) is 5.24. The average molecular weight is 199 g/mol. The summed E-state index contributed by atoms with van der Waals surface area (Å²) in [4.78, 5) is 0. The molecule has 1 N–H and O–H groups in total. The van der Waals surface area contributed by atoms with Gasteiger partial charge in [-0.1, -0.05) is 13.8 Å². The van der Waals surface area contributed by atoms with Crippen LogP contribution in [0.25, 0.3) is 0 Å². The lowest BCUT2D eigenvalue weighted by Gasteiger charge is -2.34. The van der Waals surface area contributed by atoms with Gasteiger partial charge in [0.05, 0.1) is 0 Å². The molecule has 1 aliphatic rings. The molecular formula is C12H25NO. The number of ether oxygens (including phenoxy) is 1. The molecule has 0 aliphatic heterocycles. The second-order valence-electron chi connectivity index (χ2n) is 5.24. The Morgan fingerprint density at radius 2 is 1.93 bits per heavy atom. The summed E-state index contributed by atoms with van der Waals surface area (Å²) in [5, 5.41) is 3.61. The summed E-state index contributed by atoms with van der Waals surface area (Å²) < 4.78 is 5.02. The van der Waals surface area contributed by atoms with Crippen LogP contribution in [0.15, 0.2) is 0 Å². The van der Waals surface area contributed by atoms with Crippen molar-refractivity contribution in [1.29, 1.82) is 0 Å². The Hall–Kier alpha value is -0.0800. The van der Waals surface area contributed by atoms with Gasteiger partial charge in [-0.2, -0.15) is 0 Å². The molecule has 0 bridgehead atoms. The fraction of sp³-hybridized carbons (Fsp3) is 1.00. The van der Waals surface area contributed by atoms with Crippen molar-refractivity contribution in [2.24, 2.45) is 5.41 Å². The Labute approximate surface area is 88.4 Å². The van der Waals surface area contributed by atoms with E-state index in [4.69, 9.17) is 4.74 Å². The number of rotatable bonds is 5. The van der Waals surface area contributed by atoms with Crippen LogP contribution in [-0.4, -0.2) is 26.3 Å². The SMILES string of the molecule is COCCCNC1CCC(C)(C)CC1. The van der Waals surface area contributed by atoms with Gasteiger partial charge in [0, 0.05) is 19.8 Å². The van der Waals surface area contributed by atoms with Gasteiger partial charge in [0.2, 0.25) is 0 Å². The lowest BCUT2D eigenvalue weighted by atomic mass is 9.75. The lowest BCUT2D eigenvalue weighted by molar-refractivity contribution is 0.182. The van der Waals surface area contributed by atoms with Gasteiger partial charge in [-0.25, -0.2) is 0 Å². The van der Waals surface area contributed by atoms with Crippen molar-refractivity contribution >= 4 is 0 Å². The van der Waals surface area contributed by atoms with E-state index in [0.717, 1.165) is 25.6 Å². The molecule has 0 spiro atoms. The summed E-state index contributed by atoms with van der Waals surface area (Å²) in [5.41, 5.74) is 0.588. The maximum atomic E-state index is 5.02. The van der Waals surface area contributed by atoms with Gasteiger partial charge in [0.1, 0.15) is 0 Å². The van der Waals surface area contributed by atoms with Crippen LogP contribution in [-0.2, 0) is 4.74 Å². The third-order valence-corrected chi connectivity index (χ3v) is 3.30. The molecule has 1 aliphatic carbocycles. The van der Waals surface area contributed by atoms with E-state index in [1.165, 1.54) is 25.7 Å². The van der Waals surface area contributed by atoms with Crippen molar-refractivity contribution < 1.29 is 4.74 Å². The van der Waals surface area contributed by atoms with Crippen molar-refractivity contribution in [3.63, 3.8) is 0 Å². The van der Waals surface area contributed by atoms with Crippen LogP contribution < -0.4 is 5.32 Å². The third-order valence-electron chi connectivity index (χ3n) is 3.30. The van der Waals surface area contributed by atoms with Crippen molar-refractivity contribution in [2.45, 2.75) is 52.0 Å². The van der Waals surface area contributed by atoms with Crippen LogP contribution in [0.1, 0.15) is 46.0 Å². The van der Waals surface area contributed by atoms with Gasteiger partial charge in [-0.05, 0) is 44.1 Å². The highest BCUT2D eigenvalue weighted by atomic mass is 16.5. The van der Waals surface area contributed by atoms with Crippen LogP contribution in [0.2, 0.25) is 0 Å². The molecule has 0 aromatic rings. The van der Waals surface area contributed by atoms with E-state index in [0.29, 0.717) is 5.41 Å². The Balaban J connectivity index is 2.04. The van der Waals surface area contributed by atoms with Crippen molar-refractivity contribution in [2.75, 3.05) is 20.3 Å². The predicted octanol–water partition coefficient (Wildman–Crippen LogP) is 2.58. The highest BCUT2D eigenvalue weighted by molar-refractivity contribution is 4.81. The summed E-state index contributed by atoms with van der Waals surface area (Å²) in [6.45, 7) is 6.76. The minimum atomic E-state index is 0.588. The highest BCUT2D eigenvalue weighted by Gasteiger charge is 2.25. The first-order valence-electron chi connectivity index (χ1n) is 5.86. The van der Waals surface area contributed by atoms with Crippen LogP contribution in [0.3, 0.4) is 0 Å². The molecule has 1 rings (SSSR count). The van der Waals surface area contributed by atoms with Gasteiger partial charge in [-0.3, -0.25) is 0 Å². The molecule has 0 unspecified atom stereocenters. The molecule has 1 saturated carbocycles. The van der Waals surface area contributed by atoms with E-state index in [9.17, 15) is 0 Å². The van der Waals surface area contributed by atoms with Crippen LogP contribution >= 0.6 is 0 Å². The number of hydrogen-bond donors (Lipinski definition) is 1. The normalized spacial score (nSPS) is 22.5. The fourth-order valence-corrected chi connectivity index (χ4v) is 2.13. The Morgan fingerprint density at radius 1 is 1.29 bits per heavy atom. The molecule has 0 amide bonds. The Kier molecular flexibility index (Phi) is 4.90. The first-order chi connectivity index (χ1) is 6.64. The smallest absolute Gasteiger partial charge is 0.0474 e. The molecular weight excluding hydrogens is 174 g/mol. The first-order valence-corrected chi connectivity index (χ1v) is 5.86. The summed E-state index contributed by atoms with van der Waals surface area (Å²) in [7, 11) is 1.77. The zero-order valence-corrected chi connectivity index (χ0v) is 9.94. The van der Waals surface area contributed by atoms with Gasteiger partial charge >= 0.3 is 0 Å². The summed E-state index contributed by atoms with van der Waals surface area (Å²) in [6, 6.07) is 0.764. The monoisotopic (exact) mass is 199 g/mol. The first kappa shape index (κ1) is 12.0. The zero-order valence-electron chi connectivity index (χ0n) is 9.94. The minimum Gasteiger partial charge on any atom is -0.385 e. The van der Waals surface area contributed by atoms with Crippen LogP contribution in [0.4, 0.5) is 0 Å². The fourth-order valence-electron chi connectivity index (χ4n) is 2.13. The standard InChI is InChI=1S/C12H25NO/c1-12(2)7-5-11(6-8-12)13-9-4-10-14-3/h11,13H,4-10H2,1-3H3. The molecule has 0 atom stereocenters. The third kappa shape index (κ3) is 4.43. The topological polar surface area (TPSA) is 21.3 Å². The molecule has 0 saturated heterocycles. The van der Waals surface area contributed by atoms with Gasteiger partial charge in [0.25, 0.3) is 0 Å². The lowest BCUT2D eigenvalue weighted by Crippen LogP contribution is -2.36. The summed E-state index contributed by atoms with van der Waals surface area (Å²) in [6.07, 6.45) is 6.57. The summed E-state index contributed by atoms with van der Waals surface area (Å²) >= 11 is 0. The van der Waals surface area contributed by atoms with Crippen molar-refractivity contribution in [1.82, 2.24) is 5.32 Å². The predicted molar refractivity (Wildman–Crippen MR) is 60.5 cm³/mol. The van der Waals surface area contributed by atoms with E-state index in [1.807, 2.05) is 0 Å². The average Bonchev–Trinajstić information content (AvgIpc) is 2.15. The molecule has 0 aromatic heterocycles. The van der Waals surface area contributed by atoms with Crippen LogP contribution in [0, 0.1) is 5.41 Å². The molecule has 2 nitrogen and oxygen atoms in total. The quantitative estimate of drug-likeness (QED) is 0.687. The Bertz CT molecular complexity index is 146. The maximum absolute atomic E-state index is 5.02. The zero-order chi connectivity index (χ0) is 10.4. The van der Waals surface area contributed by atoms with E-state index in [1.54, 1.807) is 7.11 Å². The molecule has 0 aromatic carbocycles. The van der Waals surface area contributed by atoms with Gasteiger partial charge < -0.3 is 10.1 Å². The molecule has 14 heavy (non-hydrogen) atoms. The largest absolute Gasteiger partial charge is 0.385 e. The van der Waals surface area contributed by atoms with Crippen molar-refractivity contribution in [3.8, 4) is 0 Å². The molecule has 2 heteroatoms. The van der Waals surface area contributed by atoms with E-state index in [2.05, 4.69) is 19.2 Å². The van der Waals surface area contributed by atoms with Gasteiger partial charge in [-0.15, -0.1) is 0 Å². The molecule has 84 valence electrons. The highest BCUT2D eigenvalue weighted by Crippen LogP contribution is 2.34. The second kappa shape index (κ2) is 5.72. The Morgan fingerprint density at radius 3 is 2.50 bits per heavy atom. The number of hydrogen-bond acceptors (Lipinski definition) is 2. The van der Waals surface area contributed by atoms with E-state index in [-0.39, 0.29) is 0 Å². The number of methoxy groups -OCH3 is 1. The summed E-state index contributed by atoms with van der Waals surface area (Å²) in [5.74, 6) is 0. The van der Waals surface area contributed by atoms with Crippen LogP contribution in [0.5, 0.6) is 0 Å². The van der Waals surface area contributed by atoms with Crippen molar-refractivity contribution in [3.05, 3.63) is 0 Å². The van der Waals surface area contributed by atoms with E-state index >= 15 is 0 Å². The minimum absolute atomic E-state index is 0.588. The molecule has 1 fully saturated rings.